The zero-order valence-electron chi connectivity index (χ0n) is 10.0. The van der Waals surface area contributed by atoms with Crippen molar-refractivity contribution in [3.05, 3.63) is 35.4 Å². The Hall–Kier alpha value is -1.55. The van der Waals surface area contributed by atoms with Gasteiger partial charge in [-0.25, -0.2) is 4.79 Å². The number of β-amino-alcohol motifs (C(OH)–C–C–N with tert-alkyl or cyclic N) is 1. The van der Waals surface area contributed by atoms with Crippen molar-refractivity contribution in [1.29, 1.82) is 0 Å². The third-order valence-corrected chi connectivity index (χ3v) is 3.15. The summed E-state index contributed by atoms with van der Waals surface area (Å²) in [6.45, 7) is 3.16. The fourth-order valence-corrected chi connectivity index (χ4v) is 2.08. The van der Waals surface area contributed by atoms with E-state index in [1.165, 1.54) is 5.56 Å². The highest BCUT2D eigenvalue weighted by Gasteiger charge is 2.28. The van der Waals surface area contributed by atoms with Crippen LogP contribution in [0, 0.1) is 0 Å². The van der Waals surface area contributed by atoms with E-state index in [1.807, 2.05) is 0 Å². The number of hydrogen-bond acceptors (Lipinski definition) is 2. The maximum absolute atomic E-state index is 11.6. The molecule has 1 fully saturated rings. The molecule has 0 radical (unpaired) electrons. The summed E-state index contributed by atoms with van der Waals surface area (Å²) in [5, 5.41) is 11.8. The van der Waals surface area contributed by atoms with Crippen molar-refractivity contribution in [2.24, 2.45) is 0 Å². The standard InChI is InChI=1S/C13H18N2O2/c1-2-10-3-5-11(6-4-10)12-9-15(7-8-16)13(17)14-12/h3-6,12,16H,2,7-9H2,1H3,(H,14,17). The zero-order chi connectivity index (χ0) is 12.3. The number of benzene rings is 1. The van der Waals surface area contributed by atoms with E-state index >= 15 is 0 Å². The molecule has 4 nitrogen and oxygen atoms in total. The van der Waals surface area contributed by atoms with Gasteiger partial charge in [0.05, 0.1) is 12.6 Å². The minimum atomic E-state index is -0.0939. The van der Waals surface area contributed by atoms with Crippen LogP contribution in [0.3, 0.4) is 0 Å². The zero-order valence-corrected chi connectivity index (χ0v) is 10.0. The molecule has 1 aliphatic heterocycles. The summed E-state index contributed by atoms with van der Waals surface area (Å²) in [4.78, 5) is 13.2. The normalized spacial score (nSPS) is 19.5. The van der Waals surface area contributed by atoms with Crippen LogP contribution >= 0.6 is 0 Å². The molecule has 2 rings (SSSR count). The van der Waals surface area contributed by atoms with Gasteiger partial charge in [0.15, 0.2) is 0 Å². The highest BCUT2D eigenvalue weighted by atomic mass is 16.3. The lowest BCUT2D eigenvalue weighted by atomic mass is 10.0. The number of amides is 2. The second-order valence-corrected chi connectivity index (χ2v) is 4.27. The van der Waals surface area contributed by atoms with E-state index in [4.69, 9.17) is 5.11 Å². The molecule has 1 saturated heterocycles. The molecule has 0 saturated carbocycles. The predicted molar refractivity (Wildman–Crippen MR) is 65.8 cm³/mol. The molecule has 4 heteroatoms. The van der Waals surface area contributed by atoms with Gasteiger partial charge < -0.3 is 15.3 Å². The fraction of sp³-hybridized carbons (Fsp3) is 0.462. The Morgan fingerprint density at radius 3 is 2.71 bits per heavy atom. The van der Waals surface area contributed by atoms with E-state index in [1.54, 1.807) is 4.90 Å². The molecule has 0 aliphatic carbocycles. The Balaban J connectivity index is 2.06. The van der Waals surface area contributed by atoms with Gasteiger partial charge in [-0.15, -0.1) is 0 Å². The first-order valence-corrected chi connectivity index (χ1v) is 5.99. The van der Waals surface area contributed by atoms with Crippen LogP contribution in [-0.4, -0.2) is 35.7 Å². The number of nitrogens with zero attached hydrogens (tertiary/aromatic N) is 1. The summed E-state index contributed by atoms with van der Waals surface area (Å²) in [6.07, 6.45) is 1.02. The smallest absolute Gasteiger partial charge is 0.318 e. The molecule has 1 aromatic carbocycles. The van der Waals surface area contributed by atoms with Crippen LogP contribution in [0.1, 0.15) is 24.1 Å². The van der Waals surface area contributed by atoms with E-state index in [9.17, 15) is 4.79 Å². The van der Waals surface area contributed by atoms with Crippen molar-refractivity contribution in [2.45, 2.75) is 19.4 Å². The van der Waals surface area contributed by atoms with Crippen LogP contribution in [0.4, 0.5) is 4.79 Å². The number of rotatable bonds is 4. The van der Waals surface area contributed by atoms with Crippen LogP contribution in [0.5, 0.6) is 0 Å². The molecule has 2 amide bonds. The minimum Gasteiger partial charge on any atom is -0.395 e. The van der Waals surface area contributed by atoms with Crippen LogP contribution in [0.15, 0.2) is 24.3 Å². The number of urea groups is 1. The van der Waals surface area contributed by atoms with Gasteiger partial charge in [0.2, 0.25) is 0 Å². The van der Waals surface area contributed by atoms with E-state index in [0.717, 1.165) is 12.0 Å². The monoisotopic (exact) mass is 234 g/mol. The van der Waals surface area contributed by atoms with Gasteiger partial charge in [0.25, 0.3) is 0 Å². The number of aliphatic hydroxyl groups is 1. The Kier molecular flexibility index (Phi) is 3.64. The fourth-order valence-electron chi connectivity index (χ4n) is 2.08. The molecule has 1 heterocycles. The first-order chi connectivity index (χ1) is 8.24. The third-order valence-electron chi connectivity index (χ3n) is 3.15. The average Bonchev–Trinajstić information content (AvgIpc) is 2.72. The lowest BCUT2D eigenvalue weighted by Crippen LogP contribution is -2.30. The highest BCUT2D eigenvalue weighted by Crippen LogP contribution is 2.20. The van der Waals surface area contributed by atoms with Gasteiger partial charge in [-0.2, -0.15) is 0 Å². The number of aryl methyl sites for hydroxylation is 1. The van der Waals surface area contributed by atoms with Crippen LogP contribution < -0.4 is 5.32 Å². The van der Waals surface area contributed by atoms with Gasteiger partial charge in [0, 0.05) is 13.1 Å². The van der Waals surface area contributed by atoms with Gasteiger partial charge in [-0.3, -0.25) is 0 Å². The molecule has 2 N–H and O–H groups in total. The second-order valence-electron chi connectivity index (χ2n) is 4.27. The lowest BCUT2D eigenvalue weighted by Gasteiger charge is -2.12. The molecule has 17 heavy (non-hydrogen) atoms. The molecule has 1 atom stereocenters. The molecular formula is C13H18N2O2. The summed E-state index contributed by atoms with van der Waals surface area (Å²) >= 11 is 0. The summed E-state index contributed by atoms with van der Waals surface area (Å²) in [5.74, 6) is 0. The van der Waals surface area contributed by atoms with Gasteiger partial charge >= 0.3 is 6.03 Å². The summed E-state index contributed by atoms with van der Waals surface area (Å²) < 4.78 is 0. The van der Waals surface area contributed by atoms with E-state index in [0.29, 0.717) is 13.1 Å². The number of carbonyl (C=O) groups excluding carboxylic acids is 1. The molecule has 1 unspecified atom stereocenters. The summed E-state index contributed by atoms with van der Waals surface area (Å²) in [5.41, 5.74) is 2.42. The van der Waals surface area contributed by atoms with Crippen LogP contribution in [0.25, 0.3) is 0 Å². The molecule has 0 spiro atoms. The molecule has 0 aromatic heterocycles. The number of nitrogens with one attached hydrogen (secondary N) is 1. The first-order valence-electron chi connectivity index (χ1n) is 5.99. The van der Waals surface area contributed by atoms with Crippen molar-refractivity contribution in [2.75, 3.05) is 19.7 Å². The second kappa shape index (κ2) is 5.19. The predicted octanol–water partition coefficient (Wildman–Crippen LogP) is 1.31. The lowest BCUT2D eigenvalue weighted by molar-refractivity contribution is 0.196. The molecule has 0 bridgehead atoms. The summed E-state index contributed by atoms with van der Waals surface area (Å²) in [7, 11) is 0. The Labute approximate surface area is 101 Å². The van der Waals surface area contributed by atoms with E-state index in [-0.39, 0.29) is 18.7 Å². The number of carbonyl (C=O) groups is 1. The highest BCUT2D eigenvalue weighted by molar-refractivity contribution is 5.77. The molecule has 92 valence electrons. The number of aliphatic hydroxyl groups excluding tert-OH is 1. The van der Waals surface area contributed by atoms with Crippen molar-refractivity contribution in [3.63, 3.8) is 0 Å². The van der Waals surface area contributed by atoms with Crippen molar-refractivity contribution >= 4 is 6.03 Å². The maximum Gasteiger partial charge on any atom is 0.318 e. The van der Waals surface area contributed by atoms with Gasteiger partial charge in [-0.1, -0.05) is 31.2 Å². The van der Waals surface area contributed by atoms with Crippen LogP contribution in [-0.2, 0) is 6.42 Å². The Morgan fingerprint density at radius 2 is 2.12 bits per heavy atom. The third kappa shape index (κ3) is 2.58. The molecule has 1 aliphatic rings. The Bertz CT molecular complexity index is 389. The minimum absolute atomic E-state index is 0.00884. The number of hydrogen-bond donors (Lipinski definition) is 2. The van der Waals surface area contributed by atoms with Crippen molar-refractivity contribution < 1.29 is 9.90 Å². The first kappa shape index (κ1) is 11.9. The van der Waals surface area contributed by atoms with Crippen LogP contribution in [0.2, 0.25) is 0 Å². The maximum atomic E-state index is 11.6. The Morgan fingerprint density at radius 1 is 1.41 bits per heavy atom. The van der Waals surface area contributed by atoms with Gasteiger partial charge in [0.1, 0.15) is 0 Å². The molecule has 1 aromatic rings. The van der Waals surface area contributed by atoms with E-state index < -0.39 is 0 Å². The largest absolute Gasteiger partial charge is 0.395 e. The average molecular weight is 234 g/mol. The molecular weight excluding hydrogens is 216 g/mol. The topological polar surface area (TPSA) is 52.6 Å². The van der Waals surface area contributed by atoms with E-state index in [2.05, 4.69) is 36.5 Å². The SMILES string of the molecule is CCc1ccc(C2CN(CCO)C(=O)N2)cc1. The summed E-state index contributed by atoms with van der Waals surface area (Å²) in [6, 6.07) is 8.26. The van der Waals surface area contributed by atoms with Gasteiger partial charge in [-0.05, 0) is 17.5 Å². The van der Waals surface area contributed by atoms with Crippen molar-refractivity contribution in [3.8, 4) is 0 Å². The quantitative estimate of drug-likeness (QED) is 0.825. The van der Waals surface area contributed by atoms with Crippen molar-refractivity contribution in [1.82, 2.24) is 10.2 Å².